The molecule has 0 heterocycles. The van der Waals surface area contributed by atoms with E-state index >= 15 is 0 Å². The molecule has 1 aromatic carbocycles. The van der Waals surface area contributed by atoms with Crippen molar-refractivity contribution in [3.63, 3.8) is 0 Å². The van der Waals surface area contributed by atoms with Crippen molar-refractivity contribution < 1.29 is 24.6 Å². The SMILES string of the molecule is O=C(O)c1ccc(Cl)c(NC(=O)[C@H]2CC=CC[C@@H]2C(=O)O)c1. The molecule has 2 rings (SSSR count). The number of anilines is 1. The fourth-order valence-corrected chi connectivity index (χ4v) is 2.52. The predicted molar refractivity (Wildman–Crippen MR) is 80.0 cm³/mol. The molecule has 1 amide bonds. The Morgan fingerprint density at radius 3 is 2.32 bits per heavy atom. The first-order valence-electron chi connectivity index (χ1n) is 6.61. The number of aromatic carboxylic acids is 1. The van der Waals surface area contributed by atoms with E-state index in [-0.39, 0.29) is 22.7 Å². The summed E-state index contributed by atoms with van der Waals surface area (Å²) in [6, 6.07) is 3.94. The second-order valence-corrected chi connectivity index (χ2v) is 5.39. The van der Waals surface area contributed by atoms with Crippen molar-refractivity contribution in [1.29, 1.82) is 0 Å². The number of rotatable bonds is 4. The summed E-state index contributed by atoms with van der Waals surface area (Å²) in [5.41, 5.74) is 0.142. The van der Waals surface area contributed by atoms with Crippen molar-refractivity contribution in [2.24, 2.45) is 11.8 Å². The highest BCUT2D eigenvalue weighted by Gasteiger charge is 2.34. The minimum absolute atomic E-state index is 0.0157. The smallest absolute Gasteiger partial charge is 0.335 e. The van der Waals surface area contributed by atoms with Crippen LogP contribution in [0.1, 0.15) is 23.2 Å². The third-order valence-corrected chi connectivity index (χ3v) is 3.89. The molecule has 0 fully saturated rings. The number of halogens is 1. The van der Waals surface area contributed by atoms with Gasteiger partial charge in [-0.3, -0.25) is 9.59 Å². The number of carbonyl (C=O) groups is 3. The molecule has 0 bridgehead atoms. The highest BCUT2D eigenvalue weighted by Crippen LogP contribution is 2.29. The molecule has 22 heavy (non-hydrogen) atoms. The Hall–Kier alpha value is -2.34. The van der Waals surface area contributed by atoms with Crippen molar-refractivity contribution in [1.82, 2.24) is 0 Å². The normalized spacial score (nSPS) is 20.4. The molecule has 116 valence electrons. The van der Waals surface area contributed by atoms with Gasteiger partial charge in [0.1, 0.15) is 0 Å². The number of amides is 1. The van der Waals surface area contributed by atoms with E-state index in [9.17, 15) is 19.5 Å². The van der Waals surface area contributed by atoms with Crippen LogP contribution in [-0.4, -0.2) is 28.1 Å². The maximum absolute atomic E-state index is 12.3. The number of aliphatic carboxylic acids is 1. The number of carboxylic acid groups (broad SMARTS) is 2. The second kappa shape index (κ2) is 6.62. The van der Waals surface area contributed by atoms with Crippen LogP contribution in [0.15, 0.2) is 30.4 Å². The third-order valence-electron chi connectivity index (χ3n) is 3.56. The van der Waals surface area contributed by atoms with Crippen LogP contribution in [0.25, 0.3) is 0 Å². The number of carboxylic acids is 2. The maximum atomic E-state index is 12.3. The van der Waals surface area contributed by atoms with Gasteiger partial charge in [0.05, 0.1) is 28.1 Å². The maximum Gasteiger partial charge on any atom is 0.335 e. The summed E-state index contributed by atoms with van der Waals surface area (Å²) in [6.07, 6.45) is 4.11. The lowest BCUT2D eigenvalue weighted by molar-refractivity contribution is -0.146. The van der Waals surface area contributed by atoms with Gasteiger partial charge in [0.15, 0.2) is 0 Å². The van der Waals surface area contributed by atoms with Gasteiger partial charge in [-0.05, 0) is 31.0 Å². The first-order chi connectivity index (χ1) is 10.4. The summed E-state index contributed by atoms with van der Waals surface area (Å²) in [5, 5.41) is 20.9. The van der Waals surface area contributed by atoms with E-state index in [0.29, 0.717) is 6.42 Å². The zero-order chi connectivity index (χ0) is 16.3. The molecule has 0 unspecified atom stereocenters. The van der Waals surface area contributed by atoms with Crippen LogP contribution in [-0.2, 0) is 9.59 Å². The molecule has 0 radical (unpaired) electrons. The standard InChI is InChI=1S/C15H14ClNO5/c16-11-6-5-8(14(19)20)7-12(11)17-13(18)9-3-1-2-4-10(9)15(21)22/h1-2,5-7,9-10H,3-4H2,(H,17,18)(H,19,20)(H,21,22)/t9-,10-/m0/s1. The van der Waals surface area contributed by atoms with Crippen molar-refractivity contribution in [2.75, 3.05) is 5.32 Å². The van der Waals surface area contributed by atoms with Gasteiger partial charge >= 0.3 is 11.9 Å². The van der Waals surface area contributed by atoms with E-state index in [4.69, 9.17) is 16.7 Å². The van der Waals surface area contributed by atoms with Crippen LogP contribution in [0, 0.1) is 11.8 Å². The first-order valence-corrected chi connectivity index (χ1v) is 6.99. The fourth-order valence-electron chi connectivity index (χ4n) is 2.36. The third kappa shape index (κ3) is 3.46. The summed E-state index contributed by atoms with van der Waals surface area (Å²) >= 11 is 5.94. The lowest BCUT2D eigenvalue weighted by Gasteiger charge is -2.24. The van der Waals surface area contributed by atoms with Gasteiger partial charge in [-0.25, -0.2) is 4.79 Å². The number of allylic oxidation sites excluding steroid dienone is 2. The minimum Gasteiger partial charge on any atom is -0.481 e. The Morgan fingerprint density at radius 1 is 1.09 bits per heavy atom. The topological polar surface area (TPSA) is 104 Å². The molecule has 6 nitrogen and oxygen atoms in total. The quantitative estimate of drug-likeness (QED) is 0.739. The lowest BCUT2D eigenvalue weighted by atomic mass is 9.82. The Bertz CT molecular complexity index is 655. The van der Waals surface area contributed by atoms with Crippen LogP contribution >= 0.6 is 11.6 Å². The van der Waals surface area contributed by atoms with Gasteiger partial charge in [-0.2, -0.15) is 0 Å². The van der Waals surface area contributed by atoms with Gasteiger partial charge in [-0.15, -0.1) is 0 Å². The van der Waals surface area contributed by atoms with Crippen molar-refractivity contribution >= 4 is 35.1 Å². The van der Waals surface area contributed by atoms with E-state index in [1.807, 2.05) is 0 Å². The fraction of sp³-hybridized carbons (Fsp3) is 0.267. The summed E-state index contributed by atoms with van der Waals surface area (Å²) in [4.78, 5) is 34.5. The van der Waals surface area contributed by atoms with E-state index in [2.05, 4.69) is 5.32 Å². The average Bonchev–Trinajstić information content (AvgIpc) is 2.49. The molecular weight excluding hydrogens is 310 g/mol. The van der Waals surface area contributed by atoms with Crippen LogP contribution in [0.3, 0.4) is 0 Å². The van der Waals surface area contributed by atoms with Crippen LogP contribution in [0.4, 0.5) is 5.69 Å². The summed E-state index contributed by atoms with van der Waals surface area (Å²) in [5.74, 6) is -4.18. The average molecular weight is 324 g/mol. The Kier molecular flexibility index (Phi) is 4.82. The number of hydrogen-bond acceptors (Lipinski definition) is 3. The van der Waals surface area contributed by atoms with Crippen molar-refractivity contribution in [2.45, 2.75) is 12.8 Å². The number of benzene rings is 1. The highest BCUT2D eigenvalue weighted by molar-refractivity contribution is 6.33. The zero-order valence-corrected chi connectivity index (χ0v) is 12.2. The molecule has 1 aliphatic carbocycles. The number of hydrogen-bond donors (Lipinski definition) is 3. The molecule has 0 saturated carbocycles. The van der Waals surface area contributed by atoms with Gasteiger partial charge in [-0.1, -0.05) is 23.8 Å². The molecule has 0 aliphatic heterocycles. The number of nitrogens with one attached hydrogen (secondary N) is 1. The summed E-state index contributed by atoms with van der Waals surface area (Å²) in [6.45, 7) is 0. The molecule has 1 aromatic rings. The van der Waals surface area contributed by atoms with E-state index in [1.165, 1.54) is 18.2 Å². The molecule has 7 heteroatoms. The molecule has 2 atom stereocenters. The van der Waals surface area contributed by atoms with E-state index in [0.717, 1.165) is 0 Å². The van der Waals surface area contributed by atoms with Gasteiger partial charge < -0.3 is 15.5 Å². The highest BCUT2D eigenvalue weighted by atomic mass is 35.5. The largest absolute Gasteiger partial charge is 0.481 e. The summed E-state index contributed by atoms with van der Waals surface area (Å²) in [7, 11) is 0. The molecule has 3 N–H and O–H groups in total. The van der Waals surface area contributed by atoms with Gasteiger partial charge in [0.2, 0.25) is 5.91 Å². The molecular formula is C15H14ClNO5. The lowest BCUT2D eigenvalue weighted by Crippen LogP contribution is -2.34. The minimum atomic E-state index is -1.14. The zero-order valence-electron chi connectivity index (χ0n) is 11.5. The van der Waals surface area contributed by atoms with Crippen LogP contribution in [0.2, 0.25) is 5.02 Å². The van der Waals surface area contributed by atoms with Crippen molar-refractivity contribution in [3.05, 3.63) is 40.9 Å². The predicted octanol–water partition coefficient (Wildman–Crippen LogP) is 2.64. The van der Waals surface area contributed by atoms with Gasteiger partial charge in [0, 0.05) is 0 Å². The van der Waals surface area contributed by atoms with Crippen LogP contribution in [0.5, 0.6) is 0 Å². The van der Waals surface area contributed by atoms with Gasteiger partial charge in [0.25, 0.3) is 0 Å². The summed E-state index contributed by atoms with van der Waals surface area (Å²) < 4.78 is 0. The molecule has 0 aromatic heterocycles. The molecule has 0 spiro atoms. The number of carbonyl (C=O) groups excluding carboxylic acids is 1. The first kappa shape index (κ1) is 16.0. The van der Waals surface area contributed by atoms with Crippen molar-refractivity contribution in [3.8, 4) is 0 Å². The Balaban J connectivity index is 2.21. The second-order valence-electron chi connectivity index (χ2n) is 4.98. The molecule has 0 saturated heterocycles. The van der Waals surface area contributed by atoms with Crippen LogP contribution < -0.4 is 5.32 Å². The molecule has 1 aliphatic rings. The van der Waals surface area contributed by atoms with E-state index in [1.54, 1.807) is 12.2 Å². The van der Waals surface area contributed by atoms with E-state index < -0.39 is 29.7 Å². The monoisotopic (exact) mass is 323 g/mol. The Morgan fingerprint density at radius 2 is 1.73 bits per heavy atom. The Labute approximate surface area is 131 Å².